The van der Waals surface area contributed by atoms with Crippen molar-refractivity contribution in [1.82, 2.24) is 4.98 Å². The van der Waals surface area contributed by atoms with Gasteiger partial charge in [0.15, 0.2) is 11.6 Å². The number of rotatable bonds is 6. The maximum absolute atomic E-state index is 5.51. The first kappa shape index (κ1) is 11.2. The Morgan fingerprint density at radius 3 is 3.06 bits per heavy atom. The molecule has 88 valence electrons. The third kappa shape index (κ3) is 2.87. The standard InChI is InChI=1S/C13H20N2O/c1-2-16-12-7-4-9-14-13(12)15-10-8-11-5-3-6-11/h4,7,9,11H,2-3,5-6,8,10H2,1H3,(H,14,15). The molecule has 0 atom stereocenters. The summed E-state index contributed by atoms with van der Waals surface area (Å²) in [5.41, 5.74) is 0. The monoisotopic (exact) mass is 220 g/mol. The Morgan fingerprint density at radius 2 is 2.38 bits per heavy atom. The number of anilines is 1. The number of aromatic nitrogens is 1. The van der Waals surface area contributed by atoms with Gasteiger partial charge in [0, 0.05) is 12.7 Å². The van der Waals surface area contributed by atoms with Crippen LogP contribution in [0.2, 0.25) is 0 Å². The molecule has 1 fully saturated rings. The summed E-state index contributed by atoms with van der Waals surface area (Å²) in [5.74, 6) is 2.68. The minimum Gasteiger partial charge on any atom is -0.490 e. The third-order valence-corrected chi connectivity index (χ3v) is 3.14. The van der Waals surface area contributed by atoms with Gasteiger partial charge in [-0.05, 0) is 31.4 Å². The number of hydrogen-bond acceptors (Lipinski definition) is 3. The lowest BCUT2D eigenvalue weighted by Crippen LogP contribution is -2.16. The van der Waals surface area contributed by atoms with E-state index < -0.39 is 0 Å². The summed E-state index contributed by atoms with van der Waals surface area (Å²) in [6, 6.07) is 3.87. The minimum absolute atomic E-state index is 0.684. The van der Waals surface area contributed by atoms with Gasteiger partial charge in [0.1, 0.15) is 0 Å². The largest absolute Gasteiger partial charge is 0.490 e. The normalized spacial score (nSPS) is 15.6. The first-order valence-corrected chi connectivity index (χ1v) is 6.22. The molecular weight excluding hydrogens is 200 g/mol. The lowest BCUT2D eigenvalue weighted by molar-refractivity contribution is 0.302. The van der Waals surface area contributed by atoms with Crippen LogP contribution in [-0.4, -0.2) is 18.1 Å². The van der Waals surface area contributed by atoms with Gasteiger partial charge in [0.2, 0.25) is 0 Å². The van der Waals surface area contributed by atoms with Crippen LogP contribution in [0.15, 0.2) is 18.3 Å². The minimum atomic E-state index is 0.684. The molecule has 0 aliphatic heterocycles. The number of ether oxygens (including phenoxy) is 1. The summed E-state index contributed by atoms with van der Waals surface area (Å²) in [4.78, 5) is 4.30. The predicted molar refractivity (Wildman–Crippen MR) is 65.9 cm³/mol. The van der Waals surface area contributed by atoms with Gasteiger partial charge < -0.3 is 10.1 Å². The topological polar surface area (TPSA) is 34.1 Å². The van der Waals surface area contributed by atoms with Crippen molar-refractivity contribution in [2.24, 2.45) is 5.92 Å². The molecule has 0 bridgehead atoms. The maximum atomic E-state index is 5.51. The molecule has 2 rings (SSSR count). The SMILES string of the molecule is CCOc1cccnc1NCCC1CCC1. The summed E-state index contributed by atoms with van der Waals surface area (Å²) in [5, 5.41) is 3.36. The van der Waals surface area contributed by atoms with E-state index in [1.165, 1.54) is 25.7 Å². The highest BCUT2D eigenvalue weighted by Gasteiger charge is 2.16. The van der Waals surface area contributed by atoms with Crippen LogP contribution < -0.4 is 10.1 Å². The van der Waals surface area contributed by atoms with Crippen molar-refractivity contribution in [2.75, 3.05) is 18.5 Å². The molecule has 16 heavy (non-hydrogen) atoms. The second kappa shape index (κ2) is 5.73. The van der Waals surface area contributed by atoms with Gasteiger partial charge in [0.05, 0.1) is 6.61 Å². The first-order chi connectivity index (χ1) is 7.90. The van der Waals surface area contributed by atoms with Crippen LogP contribution >= 0.6 is 0 Å². The molecule has 1 heterocycles. The van der Waals surface area contributed by atoms with Crippen molar-refractivity contribution in [3.05, 3.63) is 18.3 Å². The van der Waals surface area contributed by atoms with Crippen LogP contribution in [0.5, 0.6) is 5.75 Å². The van der Waals surface area contributed by atoms with Gasteiger partial charge in [-0.2, -0.15) is 0 Å². The quantitative estimate of drug-likeness (QED) is 0.800. The van der Waals surface area contributed by atoms with E-state index in [-0.39, 0.29) is 0 Å². The van der Waals surface area contributed by atoms with Gasteiger partial charge in [0.25, 0.3) is 0 Å². The molecule has 0 unspecified atom stereocenters. The van der Waals surface area contributed by atoms with Gasteiger partial charge in [-0.15, -0.1) is 0 Å². The molecule has 1 aromatic heterocycles. The van der Waals surface area contributed by atoms with Crippen molar-refractivity contribution >= 4 is 5.82 Å². The van der Waals surface area contributed by atoms with E-state index in [4.69, 9.17) is 4.74 Å². The highest BCUT2D eigenvalue weighted by molar-refractivity contribution is 5.49. The molecule has 0 aromatic carbocycles. The highest BCUT2D eigenvalue weighted by Crippen LogP contribution is 2.29. The molecule has 0 radical (unpaired) electrons. The van der Waals surface area contributed by atoms with Gasteiger partial charge in [-0.25, -0.2) is 4.98 Å². The summed E-state index contributed by atoms with van der Waals surface area (Å²) >= 11 is 0. The Labute approximate surface area is 97.2 Å². The lowest BCUT2D eigenvalue weighted by Gasteiger charge is -2.25. The van der Waals surface area contributed by atoms with E-state index in [0.717, 1.165) is 24.0 Å². The van der Waals surface area contributed by atoms with Crippen LogP contribution in [0.3, 0.4) is 0 Å². The van der Waals surface area contributed by atoms with Crippen LogP contribution in [0.25, 0.3) is 0 Å². The van der Waals surface area contributed by atoms with Crippen LogP contribution in [0.1, 0.15) is 32.6 Å². The molecule has 1 N–H and O–H groups in total. The Balaban J connectivity index is 1.82. The summed E-state index contributed by atoms with van der Waals surface area (Å²) < 4.78 is 5.51. The summed E-state index contributed by atoms with van der Waals surface area (Å²) in [6.07, 6.45) is 7.28. The Morgan fingerprint density at radius 1 is 1.50 bits per heavy atom. The number of nitrogens with zero attached hydrogens (tertiary/aromatic N) is 1. The van der Waals surface area contributed by atoms with Crippen molar-refractivity contribution in [3.63, 3.8) is 0 Å². The fraction of sp³-hybridized carbons (Fsp3) is 0.615. The van der Waals surface area contributed by atoms with Gasteiger partial charge in [-0.3, -0.25) is 0 Å². The summed E-state index contributed by atoms with van der Waals surface area (Å²) in [6.45, 7) is 3.68. The molecular formula is C13H20N2O. The van der Waals surface area contributed by atoms with Crippen LogP contribution in [0.4, 0.5) is 5.82 Å². The molecule has 1 saturated carbocycles. The van der Waals surface area contributed by atoms with Crippen LogP contribution in [-0.2, 0) is 0 Å². The van der Waals surface area contributed by atoms with Gasteiger partial charge in [-0.1, -0.05) is 19.3 Å². The van der Waals surface area contributed by atoms with Gasteiger partial charge >= 0.3 is 0 Å². The molecule has 1 aromatic rings. The van der Waals surface area contributed by atoms with Crippen molar-refractivity contribution in [2.45, 2.75) is 32.6 Å². The zero-order valence-electron chi connectivity index (χ0n) is 9.91. The summed E-state index contributed by atoms with van der Waals surface area (Å²) in [7, 11) is 0. The first-order valence-electron chi connectivity index (χ1n) is 6.22. The predicted octanol–water partition coefficient (Wildman–Crippen LogP) is 3.08. The molecule has 3 heteroatoms. The van der Waals surface area contributed by atoms with E-state index in [9.17, 15) is 0 Å². The zero-order chi connectivity index (χ0) is 11.2. The molecule has 0 saturated heterocycles. The third-order valence-electron chi connectivity index (χ3n) is 3.14. The average molecular weight is 220 g/mol. The van der Waals surface area contributed by atoms with Crippen molar-refractivity contribution in [3.8, 4) is 5.75 Å². The maximum Gasteiger partial charge on any atom is 0.168 e. The Bertz CT molecular complexity index is 323. The zero-order valence-corrected chi connectivity index (χ0v) is 9.91. The number of nitrogens with one attached hydrogen (secondary N) is 1. The van der Waals surface area contributed by atoms with E-state index in [1.807, 2.05) is 19.1 Å². The fourth-order valence-electron chi connectivity index (χ4n) is 1.97. The second-order valence-corrected chi connectivity index (χ2v) is 4.30. The van der Waals surface area contributed by atoms with E-state index >= 15 is 0 Å². The highest BCUT2D eigenvalue weighted by atomic mass is 16.5. The molecule has 0 spiro atoms. The van der Waals surface area contributed by atoms with Crippen molar-refractivity contribution in [1.29, 1.82) is 0 Å². The molecule has 3 nitrogen and oxygen atoms in total. The molecule has 1 aliphatic carbocycles. The van der Waals surface area contributed by atoms with Crippen molar-refractivity contribution < 1.29 is 4.74 Å². The van der Waals surface area contributed by atoms with E-state index in [1.54, 1.807) is 6.20 Å². The van der Waals surface area contributed by atoms with E-state index in [2.05, 4.69) is 10.3 Å². The smallest absolute Gasteiger partial charge is 0.168 e. The number of pyridine rings is 1. The molecule has 1 aliphatic rings. The Kier molecular flexibility index (Phi) is 4.03. The molecule has 0 amide bonds. The average Bonchev–Trinajstić information content (AvgIpc) is 2.24. The fourth-order valence-corrected chi connectivity index (χ4v) is 1.97. The number of hydrogen-bond donors (Lipinski definition) is 1. The second-order valence-electron chi connectivity index (χ2n) is 4.30. The lowest BCUT2D eigenvalue weighted by atomic mass is 9.83. The van der Waals surface area contributed by atoms with E-state index in [0.29, 0.717) is 6.61 Å². The Hall–Kier alpha value is -1.25. The van der Waals surface area contributed by atoms with Crippen LogP contribution in [0, 0.1) is 5.92 Å².